The van der Waals surface area contributed by atoms with Crippen LogP contribution in [0.3, 0.4) is 0 Å². The van der Waals surface area contributed by atoms with Gasteiger partial charge in [-0.15, -0.1) is 0 Å². The first-order valence-corrected chi connectivity index (χ1v) is 5.32. The summed E-state index contributed by atoms with van der Waals surface area (Å²) in [7, 11) is 0. The topological polar surface area (TPSA) is 84.5 Å². The highest BCUT2D eigenvalue weighted by Gasteiger charge is 2.24. The van der Waals surface area contributed by atoms with E-state index >= 15 is 0 Å². The van der Waals surface area contributed by atoms with Crippen molar-refractivity contribution in [1.82, 2.24) is 9.97 Å². The molecule has 1 aliphatic rings. The number of hydrogen-bond acceptors (Lipinski definition) is 6. The number of rotatable bonds is 3. The minimum Gasteiger partial charge on any atom is -0.394 e. The standard InChI is InChI=1S/C10H16N4O2/c11-5-8-1-2-12-10(13-8)14-3-4-16-7-9(14)6-15/h1-2,9,15H,3-7,11H2. The second-order valence-corrected chi connectivity index (χ2v) is 3.66. The second kappa shape index (κ2) is 5.20. The molecule has 1 atom stereocenters. The van der Waals surface area contributed by atoms with Crippen molar-refractivity contribution in [2.75, 3.05) is 31.3 Å². The molecular weight excluding hydrogens is 208 g/mol. The van der Waals surface area contributed by atoms with Crippen LogP contribution < -0.4 is 10.6 Å². The third-order valence-electron chi connectivity index (χ3n) is 2.60. The predicted octanol–water partition coefficient (Wildman–Crippen LogP) is -0.867. The number of aliphatic hydroxyl groups excluding tert-OH is 1. The lowest BCUT2D eigenvalue weighted by Crippen LogP contribution is -2.48. The van der Waals surface area contributed by atoms with Crippen LogP contribution in [0.4, 0.5) is 5.95 Å². The van der Waals surface area contributed by atoms with Gasteiger partial charge < -0.3 is 20.5 Å². The van der Waals surface area contributed by atoms with Gasteiger partial charge in [-0.1, -0.05) is 0 Å². The fourth-order valence-electron chi connectivity index (χ4n) is 1.71. The molecule has 0 spiro atoms. The molecule has 0 aliphatic carbocycles. The Labute approximate surface area is 94.1 Å². The molecule has 88 valence electrons. The number of nitrogens with two attached hydrogens (primary N) is 1. The zero-order valence-electron chi connectivity index (χ0n) is 9.04. The van der Waals surface area contributed by atoms with Crippen molar-refractivity contribution in [3.63, 3.8) is 0 Å². The molecule has 2 heterocycles. The average Bonchev–Trinajstić information content (AvgIpc) is 2.38. The maximum atomic E-state index is 9.25. The van der Waals surface area contributed by atoms with Crippen LogP contribution in [0, 0.1) is 0 Å². The lowest BCUT2D eigenvalue weighted by Gasteiger charge is -2.34. The molecule has 3 N–H and O–H groups in total. The second-order valence-electron chi connectivity index (χ2n) is 3.66. The molecule has 1 aromatic rings. The van der Waals surface area contributed by atoms with Crippen molar-refractivity contribution >= 4 is 5.95 Å². The molecule has 1 unspecified atom stereocenters. The van der Waals surface area contributed by atoms with Gasteiger partial charge in [0.25, 0.3) is 0 Å². The Morgan fingerprint density at radius 3 is 3.25 bits per heavy atom. The van der Waals surface area contributed by atoms with E-state index in [-0.39, 0.29) is 12.6 Å². The Morgan fingerprint density at radius 2 is 2.50 bits per heavy atom. The first-order valence-electron chi connectivity index (χ1n) is 5.32. The van der Waals surface area contributed by atoms with Crippen molar-refractivity contribution < 1.29 is 9.84 Å². The van der Waals surface area contributed by atoms with Gasteiger partial charge in [-0.2, -0.15) is 0 Å². The van der Waals surface area contributed by atoms with Gasteiger partial charge in [0, 0.05) is 19.3 Å². The number of nitrogens with zero attached hydrogens (tertiary/aromatic N) is 3. The van der Waals surface area contributed by atoms with Crippen LogP contribution in [0.1, 0.15) is 5.69 Å². The van der Waals surface area contributed by atoms with Gasteiger partial charge in [0.1, 0.15) is 0 Å². The van der Waals surface area contributed by atoms with Gasteiger partial charge in [-0.3, -0.25) is 0 Å². The monoisotopic (exact) mass is 224 g/mol. The maximum Gasteiger partial charge on any atom is 0.226 e. The van der Waals surface area contributed by atoms with Crippen molar-refractivity contribution in [3.8, 4) is 0 Å². The molecule has 16 heavy (non-hydrogen) atoms. The molecule has 1 fully saturated rings. The number of aromatic nitrogens is 2. The number of anilines is 1. The number of morpholine rings is 1. The first kappa shape index (κ1) is 11.3. The highest BCUT2D eigenvalue weighted by molar-refractivity contribution is 5.33. The molecule has 6 heteroatoms. The van der Waals surface area contributed by atoms with E-state index in [2.05, 4.69) is 9.97 Å². The largest absolute Gasteiger partial charge is 0.394 e. The fraction of sp³-hybridized carbons (Fsp3) is 0.600. The van der Waals surface area contributed by atoms with E-state index in [1.54, 1.807) is 12.3 Å². The van der Waals surface area contributed by atoms with E-state index in [1.807, 2.05) is 4.90 Å². The van der Waals surface area contributed by atoms with Gasteiger partial charge in [0.15, 0.2) is 0 Å². The molecular formula is C10H16N4O2. The Balaban J connectivity index is 2.20. The van der Waals surface area contributed by atoms with Crippen LogP contribution in [-0.2, 0) is 11.3 Å². The van der Waals surface area contributed by atoms with E-state index in [4.69, 9.17) is 10.5 Å². The number of hydrogen-bond donors (Lipinski definition) is 2. The Kier molecular flexibility index (Phi) is 3.66. The van der Waals surface area contributed by atoms with Crippen LogP contribution in [-0.4, -0.2) is 47.5 Å². The number of aliphatic hydroxyl groups is 1. The molecule has 0 amide bonds. The lowest BCUT2D eigenvalue weighted by molar-refractivity contribution is 0.0718. The summed E-state index contributed by atoms with van der Waals surface area (Å²) in [6.07, 6.45) is 1.69. The van der Waals surface area contributed by atoms with Crippen molar-refractivity contribution in [2.24, 2.45) is 5.73 Å². The molecule has 0 aromatic carbocycles. The third-order valence-corrected chi connectivity index (χ3v) is 2.60. The number of ether oxygens (including phenoxy) is 1. The zero-order valence-corrected chi connectivity index (χ0v) is 9.04. The molecule has 0 radical (unpaired) electrons. The molecule has 6 nitrogen and oxygen atoms in total. The summed E-state index contributed by atoms with van der Waals surface area (Å²) in [5.74, 6) is 0.616. The summed E-state index contributed by atoms with van der Waals surface area (Å²) in [4.78, 5) is 10.5. The van der Waals surface area contributed by atoms with Crippen LogP contribution in [0.2, 0.25) is 0 Å². The summed E-state index contributed by atoms with van der Waals surface area (Å²) >= 11 is 0. The smallest absolute Gasteiger partial charge is 0.226 e. The van der Waals surface area contributed by atoms with Crippen molar-refractivity contribution in [3.05, 3.63) is 18.0 Å². The Bertz CT molecular complexity index is 347. The minimum absolute atomic E-state index is 0.0379. The van der Waals surface area contributed by atoms with Gasteiger partial charge in [0.2, 0.25) is 5.95 Å². The summed E-state index contributed by atoms with van der Waals surface area (Å²) in [6, 6.07) is 1.72. The van der Waals surface area contributed by atoms with Gasteiger partial charge >= 0.3 is 0 Å². The summed E-state index contributed by atoms with van der Waals surface area (Å²) in [5.41, 5.74) is 6.33. The summed E-state index contributed by atoms with van der Waals surface area (Å²) < 4.78 is 5.30. The summed E-state index contributed by atoms with van der Waals surface area (Å²) in [6.45, 7) is 2.26. The van der Waals surface area contributed by atoms with E-state index in [1.165, 1.54) is 0 Å². The highest BCUT2D eigenvalue weighted by atomic mass is 16.5. The summed E-state index contributed by atoms with van der Waals surface area (Å²) in [5, 5.41) is 9.25. The minimum atomic E-state index is -0.0678. The van der Waals surface area contributed by atoms with Crippen LogP contribution in [0.25, 0.3) is 0 Å². The normalized spacial score (nSPS) is 21.1. The molecule has 1 saturated heterocycles. The predicted molar refractivity (Wildman–Crippen MR) is 59.0 cm³/mol. The van der Waals surface area contributed by atoms with E-state index in [0.29, 0.717) is 32.3 Å². The molecule has 0 bridgehead atoms. The molecule has 2 rings (SSSR count). The van der Waals surface area contributed by atoms with E-state index < -0.39 is 0 Å². The van der Waals surface area contributed by atoms with Crippen LogP contribution in [0.5, 0.6) is 0 Å². The highest BCUT2D eigenvalue weighted by Crippen LogP contribution is 2.14. The Morgan fingerprint density at radius 1 is 1.62 bits per heavy atom. The van der Waals surface area contributed by atoms with Crippen molar-refractivity contribution in [1.29, 1.82) is 0 Å². The van der Waals surface area contributed by atoms with E-state index in [0.717, 1.165) is 5.69 Å². The average molecular weight is 224 g/mol. The lowest BCUT2D eigenvalue weighted by atomic mass is 10.2. The molecule has 1 aromatic heterocycles. The van der Waals surface area contributed by atoms with Gasteiger partial charge in [-0.05, 0) is 6.07 Å². The molecule has 0 saturated carbocycles. The Hall–Kier alpha value is -1.24. The zero-order chi connectivity index (χ0) is 11.4. The van der Waals surface area contributed by atoms with Gasteiger partial charge in [-0.25, -0.2) is 9.97 Å². The van der Waals surface area contributed by atoms with Gasteiger partial charge in [0.05, 0.1) is 31.6 Å². The first-order chi connectivity index (χ1) is 7.85. The fourth-order valence-corrected chi connectivity index (χ4v) is 1.71. The van der Waals surface area contributed by atoms with Crippen LogP contribution >= 0.6 is 0 Å². The maximum absolute atomic E-state index is 9.25. The SMILES string of the molecule is NCc1ccnc(N2CCOCC2CO)n1. The molecule has 1 aliphatic heterocycles. The van der Waals surface area contributed by atoms with E-state index in [9.17, 15) is 5.11 Å². The van der Waals surface area contributed by atoms with Crippen LogP contribution in [0.15, 0.2) is 12.3 Å². The third kappa shape index (κ3) is 2.29. The van der Waals surface area contributed by atoms with Crippen molar-refractivity contribution in [2.45, 2.75) is 12.6 Å². The quantitative estimate of drug-likeness (QED) is 0.694.